The van der Waals surface area contributed by atoms with Gasteiger partial charge >= 0.3 is 5.97 Å². The van der Waals surface area contributed by atoms with E-state index in [-0.39, 0.29) is 35.8 Å². The normalized spacial score (nSPS) is 15.7. The lowest BCUT2D eigenvalue weighted by Gasteiger charge is -2.31. The molecule has 0 aliphatic heterocycles. The lowest BCUT2D eigenvalue weighted by molar-refractivity contribution is -0.145. The van der Waals surface area contributed by atoms with Crippen LogP contribution in [0.3, 0.4) is 0 Å². The van der Waals surface area contributed by atoms with Gasteiger partial charge in [0.1, 0.15) is 11.5 Å². The minimum absolute atomic E-state index is 0.134. The molecule has 0 spiro atoms. The zero-order chi connectivity index (χ0) is 26.2. The van der Waals surface area contributed by atoms with Gasteiger partial charge in [0.25, 0.3) is 5.91 Å². The summed E-state index contributed by atoms with van der Waals surface area (Å²) in [6.45, 7) is 6.04. The summed E-state index contributed by atoms with van der Waals surface area (Å²) in [5, 5.41) is 5.63. The maximum atomic E-state index is 13.0. The second kappa shape index (κ2) is 12.9. The Kier molecular flexibility index (Phi) is 9.92. The number of ether oxygens (including phenoxy) is 1. The largest absolute Gasteiger partial charge is 0.469 e. The molecule has 2 aromatic heterocycles. The van der Waals surface area contributed by atoms with Crippen molar-refractivity contribution in [2.75, 3.05) is 14.2 Å². The van der Waals surface area contributed by atoms with Gasteiger partial charge in [-0.2, -0.15) is 0 Å². The van der Waals surface area contributed by atoms with Crippen LogP contribution in [0.5, 0.6) is 0 Å². The quantitative estimate of drug-likeness (QED) is 0.407. The topological polar surface area (TPSA) is 114 Å². The van der Waals surface area contributed by atoms with E-state index in [1.54, 1.807) is 30.8 Å². The van der Waals surface area contributed by atoms with Crippen LogP contribution in [0.1, 0.15) is 67.8 Å². The first-order valence-electron chi connectivity index (χ1n) is 12.5. The van der Waals surface area contributed by atoms with Crippen molar-refractivity contribution >= 4 is 29.1 Å². The van der Waals surface area contributed by atoms with Crippen LogP contribution in [0.15, 0.2) is 23.8 Å². The summed E-state index contributed by atoms with van der Waals surface area (Å²) in [5.41, 5.74) is 0.350. The Bertz CT molecular complexity index is 1020. The highest BCUT2D eigenvalue weighted by Gasteiger charge is 2.35. The third-order valence-corrected chi connectivity index (χ3v) is 7.51. The number of hydrogen-bond acceptors (Lipinski definition) is 8. The molecule has 3 rings (SSSR count). The number of thiazole rings is 1. The third-order valence-electron chi connectivity index (χ3n) is 6.60. The molecular weight excluding hydrogens is 478 g/mol. The van der Waals surface area contributed by atoms with Gasteiger partial charge in [0.05, 0.1) is 18.0 Å². The van der Waals surface area contributed by atoms with Gasteiger partial charge in [0.15, 0.2) is 0 Å². The number of esters is 1. The van der Waals surface area contributed by atoms with Crippen LogP contribution in [0, 0.1) is 17.8 Å². The molecule has 1 fully saturated rings. The predicted octanol–water partition coefficient (Wildman–Crippen LogP) is 3.30. The molecule has 196 valence electrons. The molecule has 2 heterocycles. The first-order chi connectivity index (χ1) is 17.2. The van der Waals surface area contributed by atoms with E-state index in [2.05, 4.69) is 34.1 Å². The first kappa shape index (κ1) is 27.7. The van der Waals surface area contributed by atoms with E-state index >= 15 is 0 Å². The summed E-state index contributed by atoms with van der Waals surface area (Å²) in [6, 6.07) is 1.51. The molecule has 9 nitrogen and oxygen atoms in total. The van der Waals surface area contributed by atoms with E-state index in [9.17, 15) is 14.4 Å². The monoisotopic (exact) mass is 515 g/mol. The van der Waals surface area contributed by atoms with Crippen LogP contribution in [-0.2, 0) is 27.2 Å². The Labute approximate surface area is 217 Å². The molecule has 1 aliphatic rings. The van der Waals surface area contributed by atoms with Gasteiger partial charge < -0.3 is 15.0 Å². The number of carbonyl (C=O) groups excluding carboxylic acids is 3. The number of carbonyl (C=O) groups is 3. The Morgan fingerprint density at radius 1 is 1.19 bits per heavy atom. The molecule has 1 unspecified atom stereocenters. The molecule has 36 heavy (non-hydrogen) atoms. The highest BCUT2D eigenvalue weighted by Crippen LogP contribution is 2.32. The van der Waals surface area contributed by atoms with Crippen molar-refractivity contribution in [1.82, 2.24) is 25.2 Å². The maximum absolute atomic E-state index is 13.0. The molecule has 0 aromatic carbocycles. The molecule has 1 saturated carbocycles. The second-order valence-corrected chi connectivity index (χ2v) is 10.8. The summed E-state index contributed by atoms with van der Waals surface area (Å²) < 4.78 is 4.85. The van der Waals surface area contributed by atoms with Crippen molar-refractivity contribution in [3.63, 3.8) is 0 Å². The molecule has 0 saturated heterocycles. The third kappa shape index (κ3) is 7.81. The van der Waals surface area contributed by atoms with Crippen LogP contribution in [0.2, 0.25) is 0 Å². The van der Waals surface area contributed by atoms with Crippen molar-refractivity contribution in [2.24, 2.45) is 17.8 Å². The number of aromatic nitrogens is 3. The Morgan fingerprint density at radius 3 is 2.50 bits per heavy atom. The fourth-order valence-electron chi connectivity index (χ4n) is 4.39. The number of nitrogens with zero attached hydrogens (tertiary/aromatic N) is 4. The highest BCUT2D eigenvalue weighted by atomic mass is 32.1. The number of hydrogen-bond donors (Lipinski definition) is 1. The van der Waals surface area contributed by atoms with Crippen LogP contribution in [0.25, 0.3) is 0 Å². The molecule has 1 aliphatic carbocycles. The summed E-state index contributed by atoms with van der Waals surface area (Å²) in [7, 11) is 3.25. The van der Waals surface area contributed by atoms with E-state index in [1.165, 1.54) is 18.4 Å². The molecule has 2 aromatic rings. The van der Waals surface area contributed by atoms with Crippen molar-refractivity contribution in [3.8, 4) is 0 Å². The SMILES string of the molecule is COC(=O)[C@@H](C)C[C@H](Cc1ncccn1)NC(=O)c1csc(CCC(C(C)C)N(C)C(=O)C2CC2)n1. The van der Waals surface area contributed by atoms with E-state index in [0.717, 1.165) is 24.3 Å². The second-order valence-electron chi connectivity index (χ2n) is 9.90. The van der Waals surface area contributed by atoms with Gasteiger partial charge in [-0.3, -0.25) is 14.4 Å². The van der Waals surface area contributed by atoms with Gasteiger partial charge in [-0.05, 0) is 37.7 Å². The van der Waals surface area contributed by atoms with Gasteiger partial charge in [-0.1, -0.05) is 20.8 Å². The van der Waals surface area contributed by atoms with Gasteiger partial charge in [0.2, 0.25) is 5.91 Å². The zero-order valence-electron chi connectivity index (χ0n) is 21.8. The zero-order valence-corrected chi connectivity index (χ0v) is 22.6. The smallest absolute Gasteiger partial charge is 0.308 e. The van der Waals surface area contributed by atoms with Crippen molar-refractivity contribution in [1.29, 1.82) is 0 Å². The average Bonchev–Trinajstić information content (AvgIpc) is 3.60. The van der Waals surface area contributed by atoms with Crippen LogP contribution >= 0.6 is 11.3 Å². The van der Waals surface area contributed by atoms with E-state index in [0.29, 0.717) is 36.7 Å². The number of aryl methyl sites for hydroxylation is 1. The number of methoxy groups -OCH3 is 1. The number of rotatable bonds is 13. The minimum Gasteiger partial charge on any atom is -0.469 e. The van der Waals surface area contributed by atoms with E-state index < -0.39 is 5.92 Å². The number of nitrogens with one attached hydrogen (secondary N) is 1. The molecule has 0 bridgehead atoms. The lowest BCUT2D eigenvalue weighted by atomic mass is 9.97. The maximum Gasteiger partial charge on any atom is 0.308 e. The Hall–Kier alpha value is -2.88. The van der Waals surface area contributed by atoms with Crippen LogP contribution in [0.4, 0.5) is 0 Å². The van der Waals surface area contributed by atoms with Gasteiger partial charge in [-0.25, -0.2) is 15.0 Å². The summed E-state index contributed by atoms with van der Waals surface area (Å²) in [6.07, 6.45) is 7.57. The standard InChI is InChI=1S/C26H37N5O4S/c1-16(2)21(31(4)25(33)18-7-8-18)9-10-23-30-20(15-36-23)24(32)29-19(13-17(3)26(34)35-5)14-22-27-11-6-12-28-22/h6,11-12,15-19,21H,7-10,13-14H2,1-5H3,(H,29,32)/t17-,19+,21?/m0/s1. The summed E-state index contributed by atoms with van der Waals surface area (Å²) in [4.78, 5) is 52.5. The van der Waals surface area contributed by atoms with Gasteiger partial charge in [0, 0.05) is 55.7 Å². The highest BCUT2D eigenvalue weighted by molar-refractivity contribution is 7.09. The molecular formula is C26H37N5O4S. The van der Waals surface area contributed by atoms with E-state index in [4.69, 9.17) is 4.74 Å². The molecule has 2 amide bonds. The average molecular weight is 516 g/mol. The first-order valence-corrected chi connectivity index (χ1v) is 13.4. The lowest BCUT2D eigenvalue weighted by Crippen LogP contribution is -2.41. The molecule has 1 N–H and O–H groups in total. The number of amides is 2. The Balaban J connectivity index is 1.62. The minimum atomic E-state index is -0.390. The van der Waals surface area contributed by atoms with Gasteiger partial charge in [-0.15, -0.1) is 11.3 Å². The molecule has 3 atom stereocenters. The fraction of sp³-hybridized carbons (Fsp3) is 0.615. The Morgan fingerprint density at radius 2 is 1.89 bits per heavy atom. The fourth-order valence-corrected chi connectivity index (χ4v) is 5.18. The predicted molar refractivity (Wildman–Crippen MR) is 137 cm³/mol. The van der Waals surface area contributed by atoms with Crippen molar-refractivity contribution in [3.05, 3.63) is 40.4 Å². The summed E-state index contributed by atoms with van der Waals surface area (Å²) in [5.74, 6) is 0.339. The molecule has 0 radical (unpaired) electrons. The van der Waals surface area contributed by atoms with Crippen molar-refractivity contribution < 1.29 is 19.1 Å². The van der Waals surface area contributed by atoms with Crippen molar-refractivity contribution in [2.45, 2.75) is 71.4 Å². The summed E-state index contributed by atoms with van der Waals surface area (Å²) >= 11 is 1.45. The molecule has 10 heteroatoms. The van der Waals surface area contributed by atoms with Crippen LogP contribution < -0.4 is 5.32 Å². The van der Waals surface area contributed by atoms with E-state index in [1.807, 2.05) is 11.9 Å². The van der Waals surface area contributed by atoms with Crippen LogP contribution in [-0.4, -0.2) is 63.9 Å².